The summed E-state index contributed by atoms with van der Waals surface area (Å²) in [5.41, 5.74) is 2.17. The van der Waals surface area contributed by atoms with E-state index in [1.54, 1.807) is 18.2 Å². The molecule has 2 aromatic rings. The highest BCUT2D eigenvalue weighted by molar-refractivity contribution is 5.97. The lowest BCUT2D eigenvalue weighted by Gasteiger charge is -2.38. The summed E-state index contributed by atoms with van der Waals surface area (Å²) < 4.78 is 0. The second-order valence-corrected chi connectivity index (χ2v) is 7.45. The molecule has 7 nitrogen and oxygen atoms in total. The summed E-state index contributed by atoms with van der Waals surface area (Å²) in [4.78, 5) is 36.0. The Balaban J connectivity index is 1.46. The van der Waals surface area contributed by atoms with Crippen molar-refractivity contribution in [3.8, 4) is 0 Å². The van der Waals surface area contributed by atoms with Crippen molar-refractivity contribution in [1.29, 1.82) is 0 Å². The van der Waals surface area contributed by atoms with Crippen LogP contribution >= 0.6 is 0 Å². The van der Waals surface area contributed by atoms with Crippen molar-refractivity contribution >= 4 is 22.8 Å². The molecule has 0 saturated carbocycles. The molecule has 0 aliphatic carbocycles. The highest BCUT2D eigenvalue weighted by Crippen LogP contribution is 2.41. The number of fused-ring (bicyclic) bond motifs is 1. The predicted molar refractivity (Wildman–Crippen MR) is 96.5 cm³/mol. The number of hydrogen-bond acceptors (Lipinski definition) is 4. The zero-order chi connectivity index (χ0) is 18.3. The van der Waals surface area contributed by atoms with E-state index >= 15 is 0 Å². The number of carbonyl (C=O) groups excluding carboxylic acids is 2. The van der Waals surface area contributed by atoms with Gasteiger partial charge in [0.15, 0.2) is 0 Å². The van der Waals surface area contributed by atoms with Gasteiger partial charge in [-0.1, -0.05) is 0 Å². The minimum Gasteiger partial charge on any atom is -0.388 e. The van der Waals surface area contributed by atoms with Gasteiger partial charge in [0.2, 0.25) is 5.91 Å². The van der Waals surface area contributed by atoms with Crippen molar-refractivity contribution in [2.75, 3.05) is 26.2 Å². The Kier molecular flexibility index (Phi) is 4.19. The molecule has 4 rings (SSSR count). The van der Waals surface area contributed by atoms with Gasteiger partial charge in [0.05, 0.1) is 11.0 Å². The van der Waals surface area contributed by atoms with E-state index in [9.17, 15) is 14.7 Å². The molecule has 0 atom stereocenters. The van der Waals surface area contributed by atoms with Crippen LogP contribution in [-0.4, -0.2) is 62.9 Å². The van der Waals surface area contributed by atoms with Gasteiger partial charge >= 0.3 is 0 Å². The molecule has 2 saturated heterocycles. The van der Waals surface area contributed by atoms with Crippen LogP contribution in [0.5, 0.6) is 0 Å². The lowest BCUT2D eigenvalue weighted by atomic mass is 9.77. The number of carbonyl (C=O) groups is 2. The molecule has 1 aromatic heterocycles. The summed E-state index contributed by atoms with van der Waals surface area (Å²) in [5, 5.41) is 9.18. The minimum atomic E-state index is -0.153. The summed E-state index contributed by atoms with van der Waals surface area (Å²) in [6, 6.07) is 5.39. The maximum absolute atomic E-state index is 12.9. The van der Waals surface area contributed by atoms with Crippen molar-refractivity contribution < 1.29 is 14.7 Å². The topological polar surface area (TPSA) is 89.5 Å². The largest absolute Gasteiger partial charge is 0.388 e. The molecular weight excluding hydrogens is 332 g/mol. The molecule has 26 heavy (non-hydrogen) atoms. The maximum Gasteiger partial charge on any atom is 0.253 e. The molecule has 1 spiro atoms. The van der Waals surface area contributed by atoms with Crippen molar-refractivity contribution in [3.05, 3.63) is 29.6 Å². The van der Waals surface area contributed by atoms with Crippen molar-refractivity contribution in [1.82, 2.24) is 19.8 Å². The quantitative estimate of drug-likeness (QED) is 0.873. The second-order valence-electron chi connectivity index (χ2n) is 7.45. The van der Waals surface area contributed by atoms with Gasteiger partial charge in [-0.25, -0.2) is 4.98 Å². The van der Waals surface area contributed by atoms with Crippen LogP contribution in [0.25, 0.3) is 11.0 Å². The fraction of sp³-hybridized carbons (Fsp3) is 0.526. The summed E-state index contributed by atoms with van der Waals surface area (Å²) in [5.74, 6) is 0.756. The van der Waals surface area contributed by atoms with E-state index in [1.165, 1.54) is 0 Å². The Morgan fingerprint density at radius 2 is 2.12 bits per heavy atom. The third-order valence-electron chi connectivity index (χ3n) is 5.83. The Morgan fingerprint density at radius 1 is 1.35 bits per heavy atom. The molecule has 1 aromatic carbocycles. The zero-order valence-electron chi connectivity index (χ0n) is 15.0. The molecule has 3 heterocycles. The van der Waals surface area contributed by atoms with Crippen LogP contribution in [0.4, 0.5) is 0 Å². The summed E-state index contributed by atoms with van der Waals surface area (Å²) in [6.45, 7) is 4.83. The first kappa shape index (κ1) is 17.0. The SMILES string of the molecule is CCN1CC2(CCN(C(=O)c3ccc4nc(CO)[nH]c4c3)CC2)CC1=O. The molecule has 2 aliphatic heterocycles. The van der Waals surface area contributed by atoms with Gasteiger partial charge in [-0.15, -0.1) is 0 Å². The Bertz CT molecular complexity index is 852. The summed E-state index contributed by atoms with van der Waals surface area (Å²) in [6.07, 6.45) is 2.37. The molecule has 0 unspecified atom stereocenters. The number of aliphatic hydroxyl groups is 1. The van der Waals surface area contributed by atoms with Crippen molar-refractivity contribution in [2.24, 2.45) is 5.41 Å². The third-order valence-corrected chi connectivity index (χ3v) is 5.83. The average Bonchev–Trinajstić information content (AvgIpc) is 3.21. The smallest absolute Gasteiger partial charge is 0.253 e. The molecular formula is C19H24N4O3. The Hall–Kier alpha value is -2.41. The monoisotopic (exact) mass is 356 g/mol. The van der Waals surface area contributed by atoms with Crippen LogP contribution in [0.1, 0.15) is 42.4 Å². The number of rotatable bonds is 3. The predicted octanol–water partition coefficient (Wildman–Crippen LogP) is 1.53. The molecule has 138 valence electrons. The number of nitrogens with zero attached hydrogens (tertiary/aromatic N) is 3. The number of imidazole rings is 1. The van der Waals surface area contributed by atoms with Gasteiger partial charge in [-0.3, -0.25) is 9.59 Å². The number of aromatic amines is 1. The second kappa shape index (κ2) is 6.39. The first-order chi connectivity index (χ1) is 12.5. The zero-order valence-corrected chi connectivity index (χ0v) is 15.0. The number of aliphatic hydroxyl groups excluding tert-OH is 1. The molecule has 0 radical (unpaired) electrons. The van der Waals surface area contributed by atoms with Gasteiger partial charge in [-0.2, -0.15) is 0 Å². The normalized spacial score (nSPS) is 19.7. The lowest BCUT2D eigenvalue weighted by molar-refractivity contribution is -0.127. The van der Waals surface area contributed by atoms with Gasteiger partial charge in [-0.05, 0) is 38.0 Å². The summed E-state index contributed by atoms with van der Waals surface area (Å²) >= 11 is 0. The van der Waals surface area contributed by atoms with Gasteiger partial charge in [0.25, 0.3) is 5.91 Å². The number of H-pyrrole nitrogens is 1. The molecule has 7 heteroatoms. The first-order valence-corrected chi connectivity index (χ1v) is 9.20. The van der Waals surface area contributed by atoms with Crippen LogP contribution in [0.3, 0.4) is 0 Å². The van der Waals surface area contributed by atoms with E-state index in [0.29, 0.717) is 30.9 Å². The molecule has 0 bridgehead atoms. The van der Waals surface area contributed by atoms with Crippen LogP contribution in [0.15, 0.2) is 18.2 Å². The maximum atomic E-state index is 12.9. The number of piperidine rings is 1. The summed E-state index contributed by atoms with van der Waals surface area (Å²) in [7, 11) is 0. The Labute approximate surface area is 152 Å². The number of hydrogen-bond donors (Lipinski definition) is 2. The standard InChI is InChI=1S/C19H24N4O3/c1-2-22-12-19(10-17(22)25)5-7-23(8-6-19)18(26)13-3-4-14-15(9-13)21-16(11-24)20-14/h3-4,9,24H,2,5-8,10-12H2,1H3,(H,20,21). The average molecular weight is 356 g/mol. The highest BCUT2D eigenvalue weighted by Gasteiger charge is 2.44. The van der Waals surface area contributed by atoms with E-state index in [2.05, 4.69) is 9.97 Å². The van der Waals surface area contributed by atoms with Crippen LogP contribution < -0.4 is 0 Å². The van der Waals surface area contributed by atoms with Crippen LogP contribution in [0.2, 0.25) is 0 Å². The number of aromatic nitrogens is 2. The Morgan fingerprint density at radius 3 is 2.77 bits per heavy atom. The van der Waals surface area contributed by atoms with E-state index in [-0.39, 0.29) is 23.8 Å². The molecule has 2 amide bonds. The lowest BCUT2D eigenvalue weighted by Crippen LogP contribution is -2.44. The molecule has 2 fully saturated rings. The molecule has 2 N–H and O–H groups in total. The van der Waals surface area contributed by atoms with E-state index in [1.807, 2.05) is 16.7 Å². The van der Waals surface area contributed by atoms with Gasteiger partial charge in [0, 0.05) is 43.6 Å². The number of nitrogens with one attached hydrogen (secondary N) is 1. The van der Waals surface area contributed by atoms with Crippen molar-refractivity contribution in [2.45, 2.75) is 32.8 Å². The molecule has 2 aliphatic rings. The minimum absolute atomic E-state index is 0.0126. The van der Waals surface area contributed by atoms with Gasteiger partial charge in [0.1, 0.15) is 12.4 Å². The van der Waals surface area contributed by atoms with E-state index in [0.717, 1.165) is 37.0 Å². The van der Waals surface area contributed by atoms with E-state index in [4.69, 9.17) is 0 Å². The fourth-order valence-electron chi connectivity index (χ4n) is 4.24. The van der Waals surface area contributed by atoms with Crippen molar-refractivity contribution in [3.63, 3.8) is 0 Å². The van der Waals surface area contributed by atoms with E-state index < -0.39 is 0 Å². The van der Waals surface area contributed by atoms with Crippen LogP contribution in [0, 0.1) is 5.41 Å². The first-order valence-electron chi connectivity index (χ1n) is 9.20. The highest BCUT2D eigenvalue weighted by atomic mass is 16.3. The number of likely N-dealkylation sites (tertiary alicyclic amines) is 2. The fourth-order valence-corrected chi connectivity index (χ4v) is 4.24. The third kappa shape index (κ3) is 2.86. The van der Waals surface area contributed by atoms with Gasteiger partial charge < -0.3 is 19.9 Å². The van der Waals surface area contributed by atoms with Crippen LogP contribution in [-0.2, 0) is 11.4 Å². The number of amides is 2. The number of benzene rings is 1.